The second-order valence-electron chi connectivity index (χ2n) is 3.59. The van der Waals surface area contributed by atoms with Crippen LogP contribution in [0.1, 0.15) is 19.4 Å². The van der Waals surface area contributed by atoms with Crippen LogP contribution in [-0.4, -0.2) is 21.3 Å². The predicted octanol–water partition coefficient (Wildman–Crippen LogP) is 3.03. The van der Waals surface area contributed by atoms with Gasteiger partial charge in [0.25, 0.3) is 0 Å². The van der Waals surface area contributed by atoms with Gasteiger partial charge in [-0.1, -0.05) is 30.3 Å². The Labute approximate surface area is 123 Å². The van der Waals surface area contributed by atoms with Crippen LogP contribution in [0, 0.1) is 0 Å². The molecule has 0 saturated carbocycles. The van der Waals surface area contributed by atoms with E-state index < -0.39 is 18.4 Å². The normalized spacial score (nSPS) is 13.3. The fourth-order valence-corrected chi connectivity index (χ4v) is 4.33. The van der Waals surface area contributed by atoms with Gasteiger partial charge in [0, 0.05) is 12.0 Å². The summed E-state index contributed by atoms with van der Waals surface area (Å²) in [7, 11) is -6.00. The van der Waals surface area contributed by atoms with Crippen LogP contribution in [-0.2, 0) is 34.6 Å². The minimum Gasteiger partial charge on any atom is -0.312 e. The average Bonchev–Trinajstić information content (AvgIpc) is 2.44. The Morgan fingerprint density at radius 3 is 2.55 bits per heavy atom. The zero-order valence-corrected chi connectivity index (χ0v) is 14.0. The van der Waals surface area contributed by atoms with Gasteiger partial charge in [-0.3, -0.25) is 4.57 Å². The van der Waals surface area contributed by atoms with Crippen molar-refractivity contribution in [3.05, 3.63) is 23.8 Å². The number of benzene rings is 1. The molecule has 0 saturated heterocycles. The molecule has 0 heterocycles. The van der Waals surface area contributed by atoms with Gasteiger partial charge in [-0.15, -0.1) is 16.4 Å². The molecule has 0 aliphatic heterocycles. The topological polar surface area (TPSA) is 78.9 Å². The fraction of sp³-hybridized carbons (Fsp3) is 0.455. The molecule has 1 atom stereocenters. The molecule has 114 valence electrons. The summed E-state index contributed by atoms with van der Waals surface area (Å²) in [6.07, 6.45) is 0.523. The molecule has 6 nitrogen and oxygen atoms in total. The molecule has 0 aromatic heterocycles. The Morgan fingerprint density at radius 2 is 2.00 bits per heavy atom. The summed E-state index contributed by atoms with van der Waals surface area (Å²) in [5.41, 5.74) is 0.615. The largest absolute Gasteiger partial charge is 0.348 e. The quantitative estimate of drug-likeness (QED) is 0.311. The van der Waals surface area contributed by atoms with Crippen LogP contribution in [0.5, 0.6) is 0 Å². The van der Waals surface area contributed by atoms with Crippen LogP contribution in [0.3, 0.4) is 0 Å². The van der Waals surface area contributed by atoms with Gasteiger partial charge in [0.05, 0.1) is 0 Å². The zero-order chi connectivity index (χ0) is 15.2. The zero-order valence-electron chi connectivity index (χ0n) is 11.4. The van der Waals surface area contributed by atoms with Gasteiger partial charge in [0.1, 0.15) is 4.90 Å². The van der Waals surface area contributed by atoms with E-state index in [1.807, 2.05) is 13.8 Å². The highest BCUT2D eigenvalue weighted by Gasteiger charge is 2.25. The van der Waals surface area contributed by atoms with Crippen molar-refractivity contribution in [2.45, 2.75) is 30.1 Å². The average molecular weight is 340 g/mol. The van der Waals surface area contributed by atoms with Crippen molar-refractivity contribution in [3.63, 3.8) is 0 Å². The second-order valence-corrected chi connectivity index (χ2v) is 7.42. The lowest BCUT2D eigenvalue weighted by molar-refractivity contribution is -0.0964. The van der Waals surface area contributed by atoms with E-state index in [2.05, 4.69) is 13.5 Å². The summed E-state index contributed by atoms with van der Waals surface area (Å²) in [5, 5.41) is 0. The number of hydrogen-bond acceptors (Lipinski definition) is 7. The Bertz CT molecular complexity index is 572. The predicted molar refractivity (Wildman–Crippen MR) is 77.6 cm³/mol. The first kappa shape index (κ1) is 17.7. The molecule has 0 N–H and O–H groups in total. The standard InChI is InChI=1S/C11H17O6PS2/c1-4-9-7-6-8-10(19-5-2)11(9)20(13,14)17-16-18(12)15-3/h6-8,18H,4-5H2,1-3H3. The van der Waals surface area contributed by atoms with Crippen LogP contribution in [0.25, 0.3) is 0 Å². The number of aryl methyl sites for hydroxylation is 1. The molecule has 0 spiro atoms. The number of rotatable bonds is 8. The molecule has 1 aromatic rings. The molecule has 0 radical (unpaired) electrons. The lowest BCUT2D eigenvalue weighted by Gasteiger charge is -2.12. The van der Waals surface area contributed by atoms with Crippen LogP contribution < -0.4 is 0 Å². The molecule has 9 heteroatoms. The molecule has 0 bridgehead atoms. The van der Waals surface area contributed by atoms with Crippen molar-refractivity contribution >= 4 is 30.1 Å². The third-order valence-corrected chi connectivity index (χ3v) is 5.32. The third kappa shape index (κ3) is 4.58. The van der Waals surface area contributed by atoms with Gasteiger partial charge in [-0.05, 0) is 23.8 Å². The first-order chi connectivity index (χ1) is 9.46. The highest BCUT2D eigenvalue weighted by atomic mass is 32.2. The smallest absolute Gasteiger partial charge is 0.312 e. The maximum atomic E-state index is 12.2. The summed E-state index contributed by atoms with van der Waals surface area (Å²) < 4.78 is 48.4. The Kier molecular flexibility index (Phi) is 7.22. The Balaban J connectivity index is 3.17. The van der Waals surface area contributed by atoms with Crippen molar-refractivity contribution < 1.29 is 26.5 Å². The molecule has 20 heavy (non-hydrogen) atoms. The van der Waals surface area contributed by atoms with Crippen molar-refractivity contribution in [3.8, 4) is 0 Å². The van der Waals surface area contributed by atoms with E-state index >= 15 is 0 Å². The fourth-order valence-electron chi connectivity index (χ4n) is 1.53. The maximum absolute atomic E-state index is 12.2. The van der Waals surface area contributed by atoms with Gasteiger partial charge in [-0.2, -0.15) is 8.42 Å². The van der Waals surface area contributed by atoms with E-state index in [4.69, 9.17) is 0 Å². The van der Waals surface area contributed by atoms with E-state index in [-0.39, 0.29) is 4.90 Å². The Hall–Kier alpha value is -0.370. The summed E-state index contributed by atoms with van der Waals surface area (Å²) in [4.78, 5) is 0.632. The SMILES string of the molecule is CCSc1cccc(CC)c1S(=O)(=O)OO[PH](=O)OC. The molecule has 0 aliphatic rings. The van der Waals surface area contributed by atoms with Crippen LogP contribution >= 0.6 is 20.0 Å². The van der Waals surface area contributed by atoms with Gasteiger partial charge in [0.15, 0.2) is 0 Å². The van der Waals surface area contributed by atoms with Gasteiger partial charge in [0.2, 0.25) is 0 Å². The summed E-state index contributed by atoms with van der Waals surface area (Å²) in [6.45, 7) is 3.76. The monoisotopic (exact) mass is 340 g/mol. The van der Waals surface area contributed by atoms with Crippen molar-refractivity contribution in [2.75, 3.05) is 12.9 Å². The van der Waals surface area contributed by atoms with Crippen molar-refractivity contribution in [1.29, 1.82) is 0 Å². The Morgan fingerprint density at radius 1 is 1.30 bits per heavy atom. The first-order valence-corrected chi connectivity index (χ1v) is 9.51. The van der Waals surface area contributed by atoms with E-state index in [0.29, 0.717) is 22.6 Å². The number of hydrogen-bond donors (Lipinski definition) is 0. The van der Waals surface area contributed by atoms with Gasteiger partial charge >= 0.3 is 18.4 Å². The molecule has 0 fully saturated rings. The molecule has 1 unspecified atom stereocenters. The van der Waals surface area contributed by atoms with Gasteiger partial charge < -0.3 is 4.52 Å². The molecule has 0 aliphatic carbocycles. The summed E-state index contributed by atoms with van der Waals surface area (Å²) >= 11 is 1.38. The summed E-state index contributed by atoms with van der Waals surface area (Å²) in [6, 6.07) is 5.19. The van der Waals surface area contributed by atoms with Crippen LogP contribution in [0.4, 0.5) is 0 Å². The molecule has 0 amide bonds. The minimum atomic E-state index is -4.16. The van der Waals surface area contributed by atoms with Crippen LogP contribution in [0.15, 0.2) is 28.0 Å². The third-order valence-electron chi connectivity index (χ3n) is 2.35. The van der Waals surface area contributed by atoms with E-state index in [1.165, 1.54) is 11.8 Å². The molecular formula is C11H17O6PS2. The summed E-state index contributed by atoms with van der Waals surface area (Å²) in [5.74, 6) is 0.714. The number of thioether (sulfide) groups is 1. The van der Waals surface area contributed by atoms with Gasteiger partial charge in [-0.25, -0.2) is 0 Å². The van der Waals surface area contributed by atoms with Crippen LogP contribution in [0.2, 0.25) is 0 Å². The maximum Gasteiger partial charge on any atom is 0.348 e. The molecule has 1 rings (SSSR count). The molecular weight excluding hydrogens is 323 g/mol. The molecule has 1 aromatic carbocycles. The minimum absolute atomic E-state index is 0.0558. The lowest BCUT2D eigenvalue weighted by Crippen LogP contribution is -2.09. The first-order valence-electron chi connectivity index (χ1n) is 5.90. The second kappa shape index (κ2) is 8.17. The highest BCUT2D eigenvalue weighted by molar-refractivity contribution is 8.00. The van der Waals surface area contributed by atoms with Crippen molar-refractivity contribution in [1.82, 2.24) is 0 Å². The van der Waals surface area contributed by atoms with E-state index in [9.17, 15) is 13.0 Å². The highest BCUT2D eigenvalue weighted by Crippen LogP contribution is 2.33. The lowest BCUT2D eigenvalue weighted by atomic mass is 10.2. The van der Waals surface area contributed by atoms with E-state index in [1.54, 1.807) is 18.2 Å². The van der Waals surface area contributed by atoms with Crippen molar-refractivity contribution in [2.24, 2.45) is 0 Å². The van der Waals surface area contributed by atoms with E-state index in [0.717, 1.165) is 7.11 Å².